The summed E-state index contributed by atoms with van der Waals surface area (Å²) in [5.41, 5.74) is 5.80. The molecule has 5 heteroatoms. The molecule has 2 aromatic carbocycles. The van der Waals surface area contributed by atoms with Crippen LogP contribution >= 0.6 is 23.2 Å². The first-order valence-corrected chi connectivity index (χ1v) is 28.4. The summed E-state index contributed by atoms with van der Waals surface area (Å²) in [5, 5.41) is 3.32. The lowest BCUT2D eigenvalue weighted by molar-refractivity contribution is 0.0937. The molecule has 1 N–H and O–H groups in total. The number of unbranched alkanes of at least 4 members (excludes halogenated alkanes) is 25. The molecule has 0 spiro atoms. The number of anilines is 1. The van der Waals surface area contributed by atoms with E-state index >= 15 is 0 Å². The number of hydrogen-bond acceptors (Lipinski definition) is 2. The molecular weight excluding hydrogens is 836 g/mol. The molecule has 0 radical (unpaired) electrons. The molecule has 1 heterocycles. The lowest BCUT2D eigenvalue weighted by Gasteiger charge is -2.35. The minimum atomic E-state index is -0.0653. The fraction of sp³-hybridized carbons (Fsp3) is 0.717. The van der Waals surface area contributed by atoms with Crippen LogP contribution in [0.15, 0.2) is 72.5 Å². The monoisotopic (exact) mass is 933 g/mol. The van der Waals surface area contributed by atoms with E-state index in [-0.39, 0.29) is 22.7 Å². The zero-order valence-electron chi connectivity index (χ0n) is 43.0. The maximum absolute atomic E-state index is 13.3. The SMILES string of the molecule is CCCCCCCCCCCCCCCCCCN1C(=CC=CC(CCl)C(C)(C)CC(CCCCCCCCCCCCC)CNC(=O)c2ccc(CCl)cc2)C(C)(C)c2ccccc21. The fourth-order valence-corrected chi connectivity index (χ4v) is 11.1. The molecule has 368 valence electrons. The number of hydrogen-bond donors (Lipinski definition) is 1. The number of rotatable bonds is 39. The number of benzene rings is 2. The topological polar surface area (TPSA) is 32.3 Å². The Morgan fingerprint density at radius 1 is 0.662 bits per heavy atom. The average molecular weight is 934 g/mol. The van der Waals surface area contributed by atoms with E-state index in [2.05, 4.69) is 94.3 Å². The number of nitrogens with one attached hydrogen (secondary N) is 1. The summed E-state index contributed by atoms with van der Waals surface area (Å²) in [6.07, 6.45) is 46.2. The van der Waals surface area contributed by atoms with Gasteiger partial charge in [-0.2, -0.15) is 0 Å². The summed E-state index contributed by atoms with van der Waals surface area (Å²) in [5.74, 6) is 1.61. The molecular formula is C60H98Cl2N2O. The molecule has 0 bridgehead atoms. The smallest absolute Gasteiger partial charge is 0.251 e. The Kier molecular flexibility index (Phi) is 30.0. The molecule has 3 rings (SSSR count). The Labute approximate surface area is 412 Å². The molecule has 0 saturated heterocycles. The van der Waals surface area contributed by atoms with Crippen LogP contribution in [0.25, 0.3) is 0 Å². The Balaban J connectivity index is 1.55. The van der Waals surface area contributed by atoms with Gasteiger partial charge in [0, 0.05) is 47.2 Å². The second kappa shape index (κ2) is 34.1. The normalized spacial score (nSPS) is 15.3. The predicted octanol–water partition coefficient (Wildman–Crippen LogP) is 19.2. The fourth-order valence-electron chi connectivity index (χ4n) is 10.4. The molecule has 1 amide bonds. The second-order valence-corrected chi connectivity index (χ2v) is 21.8. The lowest BCUT2D eigenvalue weighted by atomic mass is 9.72. The number of allylic oxidation sites excluding steroid dienone is 4. The Morgan fingerprint density at radius 2 is 1.14 bits per heavy atom. The first-order valence-electron chi connectivity index (χ1n) is 27.3. The summed E-state index contributed by atoms with van der Waals surface area (Å²) in [4.78, 5) is 15.9. The van der Waals surface area contributed by atoms with Crippen molar-refractivity contribution in [1.82, 2.24) is 5.32 Å². The minimum Gasteiger partial charge on any atom is -0.352 e. The molecule has 2 aromatic rings. The van der Waals surface area contributed by atoms with Gasteiger partial charge in [-0.1, -0.05) is 251 Å². The van der Waals surface area contributed by atoms with Crippen molar-refractivity contribution in [3.05, 3.63) is 89.1 Å². The first-order chi connectivity index (χ1) is 31.6. The van der Waals surface area contributed by atoms with Crippen molar-refractivity contribution in [1.29, 1.82) is 0 Å². The van der Waals surface area contributed by atoms with Crippen LogP contribution < -0.4 is 10.2 Å². The van der Waals surface area contributed by atoms with Crippen molar-refractivity contribution in [3.63, 3.8) is 0 Å². The largest absolute Gasteiger partial charge is 0.352 e. The zero-order valence-corrected chi connectivity index (χ0v) is 44.5. The van der Waals surface area contributed by atoms with Crippen LogP contribution in [0.2, 0.25) is 0 Å². The van der Waals surface area contributed by atoms with E-state index in [0.29, 0.717) is 29.8 Å². The lowest BCUT2D eigenvalue weighted by Crippen LogP contribution is -2.34. The third kappa shape index (κ3) is 22.2. The van der Waals surface area contributed by atoms with Gasteiger partial charge in [0.1, 0.15) is 0 Å². The average Bonchev–Trinajstić information content (AvgIpc) is 3.52. The zero-order chi connectivity index (χ0) is 47.0. The van der Waals surface area contributed by atoms with Gasteiger partial charge in [-0.05, 0) is 71.9 Å². The summed E-state index contributed by atoms with van der Waals surface area (Å²) in [7, 11) is 0. The molecule has 1 aliphatic heterocycles. The number of para-hydroxylation sites is 1. The van der Waals surface area contributed by atoms with Crippen molar-refractivity contribution in [3.8, 4) is 0 Å². The van der Waals surface area contributed by atoms with E-state index in [0.717, 1.165) is 24.9 Å². The van der Waals surface area contributed by atoms with Gasteiger partial charge >= 0.3 is 0 Å². The standard InChI is InChI=1S/C60H98Cl2N2O/c1-7-9-11-13-15-17-19-20-21-22-23-25-27-29-31-35-46-64-56-40-34-33-39-55(56)60(5,6)57(64)41-36-38-54(49-62)59(3,4)47-52(37-32-30-28-26-24-18-16-14-12-10-8-2)50-63-58(65)53-44-42-51(48-61)43-45-53/h33-34,36,38-45,52,54H,7-32,35,37,46-50H2,1-6H3,(H,63,65). The summed E-state index contributed by atoms with van der Waals surface area (Å²) in [6.45, 7) is 15.9. The Bertz CT molecular complexity index is 1580. The summed E-state index contributed by atoms with van der Waals surface area (Å²) < 4.78 is 0. The van der Waals surface area contributed by atoms with Crippen molar-refractivity contribution < 1.29 is 4.79 Å². The highest BCUT2D eigenvalue weighted by Gasteiger charge is 2.39. The highest BCUT2D eigenvalue weighted by Crippen LogP contribution is 2.48. The minimum absolute atomic E-state index is 0.00223. The van der Waals surface area contributed by atoms with E-state index in [1.807, 2.05) is 24.3 Å². The number of carbonyl (C=O) groups excluding carboxylic acids is 1. The van der Waals surface area contributed by atoms with E-state index < -0.39 is 0 Å². The number of halogens is 2. The number of carbonyl (C=O) groups is 1. The summed E-state index contributed by atoms with van der Waals surface area (Å²) >= 11 is 12.9. The quantitative estimate of drug-likeness (QED) is 0.0535. The molecule has 0 fully saturated rings. The van der Waals surface area contributed by atoms with Gasteiger partial charge in [0.25, 0.3) is 5.91 Å². The highest BCUT2D eigenvalue weighted by atomic mass is 35.5. The molecule has 0 aliphatic carbocycles. The van der Waals surface area contributed by atoms with Gasteiger partial charge in [-0.15, -0.1) is 23.2 Å². The number of amides is 1. The van der Waals surface area contributed by atoms with Crippen molar-refractivity contribution >= 4 is 34.8 Å². The van der Waals surface area contributed by atoms with Gasteiger partial charge in [0.05, 0.1) is 0 Å². The highest BCUT2D eigenvalue weighted by molar-refractivity contribution is 6.18. The van der Waals surface area contributed by atoms with Crippen LogP contribution in [0.5, 0.6) is 0 Å². The molecule has 1 aliphatic rings. The van der Waals surface area contributed by atoms with Crippen LogP contribution in [0, 0.1) is 17.3 Å². The number of fused-ring (bicyclic) bond motifs is 1. The van der Waals surface area contributed by atoms with Crippen LogP contribution in [0.4, 0.5) is 5.69 Å². The molecule has 65 heavy (non-hydrogen) atoms. The molecule has 3 nitrogen and oxygen atoms in total. The van der Waals surface area contributed by atoms with Gasteiger partial charge < -0.3 is 10.2 Å². The van der Waals surface area contributed by atoms with Crippen LogP contribution in [-0.4, -0.2) is 24.9 Å². The molecule has 2 atom stereocenters. The Morgan fingerprint density at radius 3 is 1.63 bits per heavy atom. The molecule has 2 unspecified atom stereocenters. The molecule has 0 aromatic heterocycles. The van der Waals surface area contributed by atoms with Gasteiger partial charge in [-0.3, -0.25) is 4.79 Å². The Hall–Kier alpha value is -2.23. The van der Waals surface area contributed by atoms with Crippen molar-refractivity contribution in [2.75, 3.05) is 23.9 Å². The van der Waals surface area contributed by atoms with Gasteiger partial charge in [0.2, 0.25) is 0 Å². The second-order valence-electron chi connectivity index (χ2n) is 21.2. The van der Waals surface area contributed by atoms with E-state index in [1.54, 1.807) is 0 Å². The van der Waals surface area contributed by atoms with Crippen LogP contribution in [0.1, 0.15) is 249 Å². The number of nitrogens with zero attached hydrogens (tertiary/aromatic N) is 1. The van der Waals surface area contributed by atoms with Gasteiger partial charge in [-0.25, -0.2) is 0 Å². The molecule has 0 saturated carbocycles. The van der Waals surface area contributed by atoms with Crippen molar-refractivity contribution in [2.24, 2.45) is 17.3 Å². The first kappa shape index (κ1) is 57.1. The number of alkyl halides is 2. The maximum Gasteiger partial charge on any atom is 0.251 e. The maximum atomic E-state index is 13.3. The van der Waals surface area contributed by atoms with E-state index in [4.69, 9.17) is 23.2 Å². The van der Waals surface area contributed by atoms with Gasteiger partial charge in [0.15, 0.2) is 0 Å². The predicted molar refractivity (Wildman–Crippen MR) is 289 cm³/mol. The van der Waals surface area contributed by atoms with Crippen molar-refractivity contribution in [2.45, 2.75) is 239 Å². The van der Waals surface area contributed by atoms with Crippen LogP contribution in [0.3, 0.4) is 0 Å². The van der Waals surface area contributed by atoms with E-state index in [9.17, 15) is 4.79 Å². The summed E-state index contributed by atoms with van der Waals surface area (Å²) in [6, 6.07) is 16.7. The third-order valence-electron chi connectivity index (χ3n) is 14.8. The van der Waals surface area contributed by atoms with E-state index in [1.165, 1.54) is 190 Å². The third-order valence-corrected chi connectivity index (χ3v) is 15.4. The van der Waals surface area contributed by atoms with Crippen LogP contribution in [-0.2, 0) is 11.3 Å².